The maximum absolute atomic E-state index is 12.9. The summed E-state index contributed by atoms with van der Waals surface area (Å²) in [6.45, 7) is 2.29. The summed E-state index contributed by atoms with van der Waals surface area (Å²) in [4.78, 5) is 40.5. The number of azide groups is 1. The molecule has 3 atom stereocenters. The van der Waals surface area contributed by atoms with Crippen LogP contribution in [0.15, 0.2) is 5.11 Å². The highest BCUT2D eigenvalue weighted by atomic mass is 16.5. The largest absolute Gasteiger partial charge is 0.467 e. The zero-order chi connectivity index (χ0) is 18.1. The van der Waals surface area contributed by atoms with Gasteiger partial charge in [-0.1, -0.05) is 24.9 Å². The molecule has 0 aliphatic carbocycles. The molecule has 1 heterocycles. The van der Waals surface area contributed by atoms with E-state index in [2.05, 4.69) is 10.0 Å². The van der Waals surface area contributed by atoms with Crippen LogP contribution in [0, 0.1) is 5.92 Å². The lowest BCUT2D eigenvalue weighted by atomic mass is 9.92. The quantitative estimate of drug-likeness (QED) is 0.170. The van der Waals surface area contributed by atoms with Gasteiger partial charge in [-0.05, 0) is 24.8 Å². The second-order valence-electron chi connectivity index (χ2n) is 5.59. The summed E-state index contributed by atoms with van der Waals surface area (Å²) < 4.78 is 4.72. The Morgan fingerprint density at radius 3 is 2.75 bits per heavy atom. The fourth-order valence-electron chi connectivity index (χ4n) is 2.90. The number of hydrogen-bond donors (Lipinski definition) is 2. The van der Waals surface area contributed by atoms with Crippen LogP contribution in [0.5, 0.6) is 0 Å². The molecule has 0 spiro atoms. The predicted molar refractivity (Wildman–Crippen MR) is 82.6 cm³/mol. The summed E-state index contributed by atoms with van der Waals surface area (Å²) in [5.41, 5.74) is 10.1. The normalized spacial score (nSPS) is 19.1. The van der Waals surface area contributed by atoms with E-state index in [0.717, 1.165) is 6.42 Å². The van der Waals surface area contributed by atoms with Crippen LogP contribution in [0.1, 0.15) is 39.0 Å². The monoisotopic (exact) mass is 341 g/mol. The number of likely N-dealkylation sites (tertiary alicyclic amines) is 1. The van der Waals surface area contributed by atoms with Gasteiger partial charge in [0.1, 0.15) is 12.1 Å². The molecular weight excluding hydrogens is 318 g/mol. The summed E-state index contributed by atoms with van der Waals surface area (Å²) in [5.74, 6) is -2.85. The van der Waals surface area contributed by atoms with Gasteiger partial charge in [-0.25, -0.2) is 10.3 Å². The number of ether oxygens (including phenoxy) is 1. The molecule has 1 aliphatic heterocycles. The van der Waals surface area contributed by atoms with Gasteiger partial charge >= 0.3 is 5.97 Å². The number of rotatable bonds is 8. The van der Waals surface area contributed by atoms with Crippen LogP contribution in [-0.2, 0) is 19.1 Å². The first-order chi connectivity index (χ1) is 11.5. The molecular formula is C14H23N5O5. The van der Waals surface area contributed by atoms with E-state index in [-0.39, 0.29) is 0 Å². The minimum atomic E-state index is -1.38. The average Bonchev–Trinajstić information content (AvgIpc) is 3.09. The van der Waals surface area contributed by atoms with Crippen LogP contribution in [0.3, 0.4) is 0 Å². The first-order valence-electron chi connectivity index (χ1n) is 7.88. The molecule has 1 fully saturated rings. The third-order valence-electron chi connectivity index (χ3n) is 4.13. The SMILES string of the molecule is CCCC[C@@H](C(=O)N1CCC[C@H]1C(=O)OC)[C@@H](N=[N+]=[N-])C(=O)NO. The molecule has 1 saturated heterocycles. The Labute approximate surface area is 139 Å². The average molecular weight is 341 g/mol. The van der Waals surface area contributed by atoms with Crippen molar-refractivity contribution in [3.8, 4) is 0 Å². The molecule has 0 unspecified atom stereocenters. The van der Waals surface area contributed by atoms with Crippen LogP contribution in [0.25, 0.3) is 10.4 Å². The highest BCUT2D eigenvalue weighted by Gasteiger charge is 2.41. The number of nitrogens with one attached hydrogen (secondary N) is 1. The zero-order valence-electron chi connectivity index (χ0n) is 13.8. The Balaban J connectivity index is 3.08. The topological polar surface area (TPSA) is 145 Å². The van der Waals surface area contributed by atoms with E-state index in [1.807, 2.05) is 6.92 Å². The Kier molecular flexibility index (Phi) is 8.00. The van der Waals surface area contributed by atoms with Gasteiger partial charge in [-0.3, -0.25) is 14.8 Å². The van der Waals surface area contributed by atoms with Crippen molar-refractivity contribution < 1.29 is 24.3 Å². The highest BCUT2D eigenvalue weighted by Crippen LogP contribution is 2.26. The fraction of sp³-hybridized carbons (Fsp3) is 0.786. The highest BCUT2D eigenvalue weighted by molar-refractivity contribution is 5.92. The fourth-order valence-corrected chi connectivity index (χ4v) is 2.90. The minimum Gasteiger partial charge on any atom is -0.467 e. The Morgan fingerprint density at radius 1 is 1.50 bits per heavy atom. The minimum absolute atomic E-state index is 0.302. The van der Waals surface area contributed by atoms with E-state index in [0.29, 0.717) is 32.2 Å². The number of esters is 1. The lowest BCUT2D eigenvalue weighted by Crippen LogP contribution is -2.49. The number of unbranched alkanes of at least 4 members (excludes halogenated alkanes) is 1. The molecule has 134 valence electrons. The molecule has 10 heteroatoms. The van der Waals surface area contributed by atoms with Gasteiger partial charge in [0.2, 0.25) is 5.91 Å². The maximum atomic E-state index is 12.9. The van der Waals surface area contributed by atoms with Gasteiger partial charge in [0.15, 0.2) is 0 Å². The van der Waals surface area contributed by atoms with Gasteiger partial charge in [-0.2, -0.15) is 0 Å². The molecule has 0 radical (unpaired) electrons. The van der Waals surface area contributed by atoms with E-state index in [1.54, 1.807) is 0 Å². The lowest BCUT2D eigenvalue weighted by Gasteiger charge is -2.29. The Hall–Kier alpha value is -2.32. The van der Waals surface area contributed by atoms with Crippen LogP contribution in [0.4, 0.5) is 0 Å². The number of amides is 2. The van der Waals surface area contributed by atoms with Crippen LogP contribution in [-0.4, -0.2) is 53.6 Å². The molecule has 1 aliphatic rings. The predicted octanol–water partition coefficient (Wildman–Crippen LogP) is 1.14. The number of nitrogens with zero attached hydrogens (tertiary/aromatic N) is 4. The Morgan fingerprint density at radius 2 is 2.21 bits per heavy atom. The van der Waals surface area contributed by atoms with Crippen molar-refractivity contribution in [2.24, 2.45) is 11.0 Å². The summed E-state index contributed by atoms with van der Waals surface area (Å²) in [6.07, 6.45) is 2.83. The van der Waals surface area contributed by atoms with Crippen molar-refractivity contribution in [2.45, 2.75) is 51.1 Å². The van der Waals surface area contributed by atoms with Crippen LogP contribution < -0.4 is 5.48 Å². The van der Waals surface area contributed by atoms with Gasteiger partial charge in [0.25, 0.3) is 5.91 Å². The molecule has 0 aromatic rings. The number of carbonyl (C=O) groups is 3. The zero-order valence-corrected chi connectivity index (χ0v) is 13.8. The third-order valence-corrected chi connectivity index (χ3v) is 4.13. The van der Waals surface area contributed by atoms with Gasteiger partial charge < -0.3 is 9.64 Å². The molecule has 24 heavy (non-hydrogen) atoms. The molecule has 0 aromatic carbocycles. The van der Waals surface area contributed by atoms with Crippen molar-refractivity contribution in [1.29, 1.82) is 0 Å². The van der Waals surface area contributed by atoms with Crippen molar-refractivity contribution in [3.05, 3.63) is 10.4 Å². The summed E-state index contributed by atoms with van der Waals surface area (Å²) in [5, 5.41) is 12.2. The van der Waals surface area contributed by atoms with Gasteiger partial charge in [0, 0.05) is 11.5 Å². The molecule has 10 nitrogen and oxygen atoms in total. The molecule has 2 N–H and O–H groups in total. The van der Waals surface area contributed by atoms with Crippen molar-refractivity contribution in [1.82, 2.24) is 10.4 Å². The van der Waals surface area contributed by atoms with E-state index in [4.69, 9.17) is 15.5 Å². The first kappa shape index (κ1) is 19.7. The second-order valence-corrected chi connectivity index (χ2v) is 5.59. The molecule has 0 aromatic heterocycles. The van der Waals surface area contributed by atoms with E-state index < -0.39 is 35.8 Å². The standard InChI is InChI=1S/C14H23N5O5/c1-3-4-6-9(11(16-18-15)12(20)17-23)13(21)19-8-5-7-10(19)14(22)24-2/h9-11,23H,3-8H2,1-2H3,(H,17,20)/t9-,10+,11-/m1/s1. The second kappa shape index (κ2) is 9.74. The van der Waals surface area contributed by atoms with E-state index >= 15 is 0 Å². The number of hydrogen-bond acceptors (Lipinski definition) is 6. The molecule has 2 amide bonds. The van der Waals surface area contributed by atoms with E-state index in [9.17, 15) is 14.4 Å². The van der Waals surface area contributed by atoms with E-state index in [1.165, 1.54) is 17.5 Å². The van der Waals surface area contributed by atoms with Crippen molar-refractivity contribution in [2.75, 3.05) is 13.7 Å². The van der Waals surface area contributed by atoms with Crippen molar-refractivity contribution >= 4 is 17.8 Å². The number of methoxy groups -OCH3 is 1. The molecule has 0 bridgehead atoms. The van der Waals surface area contributed by atoms with Crippen molar-refractivity contribution in [3.63, 3.8) is 0 Å². The number of hydroxylamine groups is 1. The first-order valence-corrected chi connectivity index (χ1v) is 7.88. The van der Waals surface area contributed by atoms with Gasteiger partial charge in [0.05, 0.1) is 13.0 Å². The number of carbonyl (C=O) groups excluding carboxylic acids is 3. The van der Waals surface area contributed by atoms with Crippen LogP contribution >= 0.6 is 0 Å². The van der Waals surface area contributed by atoms with Gasteiger partial charge in [-0.15, -0.1) is 0 Å². The summed E-state index contributed by atoms with van der Waals surface area (Å²) >= 11 is 0. The van der Waals surface area contributed by atoms with Crippen LogP contribution in [0.2, 0.25) is 0 Å². The Bertz CT molecular complexity index is 520. The molecule has 0 saturated carbocycles. The summed E-state index contributed by atoms with van der Waals surface area (Å²) in [7, 11) is 1.25. The summed E-state index contributed by atoms with van der Waals surface area (Å²) in [6, 6.07) is -2.08. The lowest BCUT2D eigenvalue weighted by molar-refractivity contribution is -0.153. The smallest absolute Gasteiger partial charge is 0.328 e. The maximum Gasteiger partial charge on any atom is 0.328 e. The molecule has 1 rings (SSSR count). The third kappa shape index (κ3) is 4.59.